The van der Waals surface area contributed by atoms with E-state index >= 15 is 0 Å². The van der Waals surface area contributed by atoms with E-state index in [1.54, 1.807) is 6.20 Å². The Bertz CT molecular complexity index is 950. The van der Waals surface area contributed by atoms with Gasteiger partial charge in [-0.15, -0.1) is 0 Å². The Morgan fingerprint density at radius 1 is 1.15 bits per heavy atom. The Balaban J connectivity index is 1.36. The maximum Gasteiger partial charge on any atom is 0.228 e. The molecule has 4 heteroatoms. The minimum absolute atomic E-state index is 0.0518. The van der Waals surface area contributed by atoms with E-state index in [1.165, 1.54) is 11.1 Å². The van der Waals surface area contributed by atoms with E-state index in [0.29, 0.717) is 12.5 Å². The third-order valence-corrected chi connectivity index (χ3v) is 5.03. The zero-order valence-corrected chi connectivity index (χ0v) is 15.7. The van der Waals surface area contributed by atoms with Crippen molar-refractivity contribution >= 4 is 22.4 Å². The number of rotatable bonds is 6. The van der Waals surface area contributed by atoms with Gasteiger partial charge in [-0.2, -0.15) is 0 Å². The van der Waals surface area contributed by atoms with E-state index < -0.39 is 0 Å². The molecule has 1 fully saturated rings. The van der Waals surface area contributed by atoms with Crippen molar-refractivity contribution < 1.29 is 9.53 Å². The molecule has 1 aliphatic carbocycles. The van der Waals surface area contributed by atoms with Gasteiger partial charge in [0.25, 0.3) is 0 Å². The standard InChI is InChI=1S/C23H24N2O2/c1-15(2)27-14-16-3-5-17(6-4-16)21-12-22(21)23(26)25-20-8-7-19-13-24-10-9-18(19)11-20/h3-11,13,15,21-22H,12,14H2,1-2H3,(H,25,26). The van der Waals surface area contributed by atoms with Gasteiger partial charge in [-0.1, -0.05) is 30.3 Å². The first-order chi connectivity index (χ1) is 13.1. The van der Waals surface area contributed by atoms with E-state index in [-0.39, 0.29) is 17.9 Å². The Hall–Kier alpha value is -2.72. The number of fused-ring (bicyclic) bond motifs is 1. The number of nitrogens with one attached hydrogen (secondary N) is 1. The summed E-state index contributed by atoms with van der Waals surface area (Å²) >= 11 is 0. The van der Waals surface area contributed by atoms with Gasteiger partial charge in [0.05, 0.1) is 12.7 Å². The molecule has 2 aromatic carbocycles. The maximum atomic E-state index is 12.6. The van der Waals surface area contributed by atoms with Crippen LogP contribution < -0.4 is 5.32 Å². The highest BCUT2D eigenvalue weighted by Gasteiger charge is 2.43. The summed E-state index contributed by atoms with van der Waals surface area (Å²) in [5.41, 5.74) is 3.23. The smallest absolute Gasteiger partial charge is 0.228 e. The molecule has 1 aliphatic rings. The van der Waals surface area contributed by atoms with Crippen LogP contribution in [0.15, 0.2) is 60.9 Å². The molecular formula is C23H24N2O2. The first-order valence-electron chi connectivity index (χ1n) is 9.45. The van der Waals surface area contributed by atoms with Crippen LogP contribution in [0.3, 0.4) is 0 Å². The number of benzene rings is 2. The third kappa shape index (κ3) is 4.17. The van der Waals surface area contributed by atoms with Crippen molar-refractivity contribution in [2.45, 2.75) is 38.9 Å². The number of hydrogen-bond acceptors (Lipinski definition) is 3. The average Bonchev–Trinajstić information content (AvgIpc) is 3.48. The molecule has 4 rings (SSSR count). The van der Waals surface area contributed by atoms with Crippen LogP contribution in [0.5, 0.6) is 0 Å². The second-order valence-corrected chi connectivity index (χ2v) is 7.48. The second-order valence-electron chi connectivity index (χ2n) is 7.48. The number of carbonyl (C=O) groups excluding carboxylic acids is 1. The molecule has 0 saturated heterocycles. The van der Waals surface area contributed by atoms with Gasteiger partial charge >= 0.3 is 0 Å². The summed E-state index contributed by atoms with van der Waals surface area (Å²) in [6, 6.07) is 16.3. The molecule has 2 atom stereocenters. The van der Waals surface area contributed by atoms with Crippen molar-refractivity contribution in [1.29, 1.82) is 0 Å². The molecule has 1 amide bonds. The van der Waals surface area contributed by atoms with Crippen LogP contribution in [0.25, 0.3) is 10.8 Å². The van der Waals surface area contributed by atoms with Crippen LogP contribution in [-0.4, -0.2) is 17.0 Å². The van der Waals surface area contributed by atoms with Crippen molar-refractivity contribution in [3.63, 3.8) is 0 Å². The van der Waals surface area contributed by atoms with Crippen molar-refractivity contribution in [2.75, 3.05) is 5.32 Å². The van der Waals surface area contributed by atoms with E-state index in [1.807, 2.05) is 44.3 Å². The summed E-state index contributed by atoms with van der Waals surface area (Å²) in [6.07, 6.45) is 4.73. The fourth-order valence-corrected chi connectivity index (χ4v) is 3.37. The fourth-order valence-electron chi connectivity index (χ4n) is 3.37. The van der Waals surface area contributed by atoms with Crippen molar-refractivity contribution in [1.82, 2.24) is 4.98 Å². The van der Waals surface area contributed by atoms with Crippen molar-refractivity contribution in [3.05, 3.63) is 72.1 Å². The van der Waals surface area contributed by atoms with Crippen molar-refractivity contribution in [3.8, 4) is 0 Å². The molecular weight excluding hydrogens is 336 g/mol. The summed E-state index contributed by atoms with van der Waals surface area (Å²) in [7, 11) is 0. The SMILES string of the molecule is CC(C)OCc1ccc(C2CC2C(=O)Nc2ccc3cnccc3c2)cc1. The van der Waals surface area contributed by atoms with Gasteiger partial charge < -0.3 is 10.1 Å². The largest absolute Gasteiger partial charge is 0.374 e. The number of anilines is 1. The highest BCUT2D eigenvalue weighted by atomic mass is 16.5. The topological polar surface area (TPSA) is 51.2 Å². The number of aromatic nitrogens is 1. The maximum absolute atomic E-state index is 12.6. The highest BCUT2D eigenvalue weighted by molar-refractivity contribution is 5.97. The summed E-state index contributed by atoms with van der Waals surface area (Å²) in [5, 5.41) is 5.21. The number of pyridine rings is 1. The monoisotopic (exact) mass is 360 g/mol. The lowest BCUT2D eigenvalue weighted by Crippen LogP contribution is -2.14. The van der Waals surface area contributed by atoms with E-state index in [2.05, 4.69) is 34.6 Å². The average molecular weight is 360 g/mol. The quantitative estimate of drug-likeness (QED) is 0.680. The summed E-state index contributed by atoms with van der Waals surface area (Å²) in [4.78, 5) is 16.7. The molecule has 0 spiro atoms. The number of carbonyl (C=O) groups is 1. The van der Waals surface area contributed by atoms with Gasteiger partial charge in [0.15, 0.2) is 0 Å². The Morgan fingerprint density at radius 3 is 2.74 bits per heavy atom. The van der Waals surface area contributed by atoms with Crippen LogP contribution in [-0.2, 0) is 16.1 Å². The zero-order valence-electron chi connectivity index (χ0n) is 15.7. The van der Waals surface area contributed by atoms with E-state index in [9.17, 15) is 4.79 Å². The molecule has 27 heavy (non-hydrogen) atoms. The number of amides is 1. The fraction of sp³-hybridized carbons (Fsp3) is 0.304. The van der Waals surface area contributed by atoms with Crippen LogP contribution in [0.2, 0.25) is 0 Å². The van der Waals surface area contributed by atoms with Crippen LogP contribution in [0.1, 0.15) is 37.3 Å². The highest BCUT2D eigenvalue weighted by Crippen LogP contribution is 2.48. The van der Waals surface area contributed by atoms with Crippen LogP contribution in [0, 0.1) is 5.92 Å². The first kappa shape index (κ1) is 17.7. The molecule has 1 aromatic heterocycles. The van der Waals surface area contributed by atoms with Crippen molar-refractivity contribution in [2.24, 2.45) is 5.92 Å². The lowest BCUT2D eigenvalue weighted by molar-refractivity contribution is -0.117. The second kappa shape index (κ2) is 7.49. The van der Waals surface area contributed by atoms with Gasteiger partial charge in [0, 0.05) is 29.4 Å². The van der Waals surface area contributed by atoms with E-state index in [4.69, 9.17) is 4.74 Å². The molecule has 1 saturated carbocycles. The Morgan fingerprint density at radius 2 is 1.96 bits per heavy atom. The molecule has 2 unspecified atom stereocenters. The lowest BCUT2D eigenvalue weighted by Gasteiger charge is -2.09. The molecule has 0 radical (unpaired) electrons. The lowest BCUT2D eigenvalue weighted by atomic mass is 10.1. The summed E-state index contributed by atoms with van der Waals surface area (Å²) in [5.74, 6) is 0.464. The number of hydrogen-bond donors (Lipinski definition) is 1. The molecule has 0 bridgehead atoms. The molecule has 1 N–H and O–H groups in total. The predicted octanol–water partition coefficient (Wildman–Crippen LogP) is 4.90. The summed E-state index contributed by atoms with van der Waals surface area (Å²) < 4.78 is 5.63. The Kier molecular flexibility index (Phi) is 4.90. The first-order valence-corrected chi connectivity index (χ1v) is 9.45. The Labute approximate surface area is 159 Å². The van der Waals surface area contributed by atoms with Crippen LogP contribution in [0.4, 0.5) is 5.69 Å². The minimum atomic E-state index is 0.0518. The summed E-state index contributed by atoms with van der Waals surface area (Å²) in [6.45, 7) is 4.70. The number of nitrogens with zero attached hydrogens (tertiary/aromatic N) is 1. The molecule has 3 aromatic rings. The third-order valence-electron chi connectivity index (χ3n) is 5.03. The molecule has 4 nitrogen and oxygen atoms in total. The van der Waals surface area contributed by atoms with Gasteiger partial charge in [-0.05, 0) is 60.9 Å². The van der Waals surface area contributed by atoms with Gasteiger partial charge in [0.2, 0.25) is 5.91 Å². The van der Waals surface area contributed by atoms with Gasteiger partial charge in [-0.25, -0.2) is 0 Å². The predicted molar refractivity (Wildman–Crippen MR) is 108 cm³/mol. The number of ether oxygens (including phenoxy) is 1. The van der Waals surface area contributed by atoms with E-state index in [0.717, 1.165) is 22.9 Å². The molecule has 1 heterocycles. The normalized spacial score (nSPS) is 18.6. The zero-order chi connectivity index (χ0) is 18.8. The molecule has 0 aliphatic heterocycles. The van der Waals surface area contributed by atoms with Gasteiger partial charge in [-0.3, -0.25) is 9.78 Å². The van der Waals surface area contributed by atoms with Crippen LogP contribution >= 0.6 is 0 Å². The minimum Gasteiger partial charge on any atom is -0.374 e. The molecule has 138 valence electrons. The van der Waals surface area contributed by atoms with Gasteiger partial charge in [0.1, 0.15) is 0 Å².